The predicted molar refractivity (Wildman–Crippen MR) is 119 cm³/mol. The second-order valence-corrected chi connectivity index (χ2v) is 7.12. The molecule has 32 heavy (non-hydrogen) atoms. The minimum Gasteiger partial charge on any atom is -0.378 e. The van der Waals surface area contributed by atoms with Crippen molar-refractivity contribution in [2.24, 2.45) is 0 Å². The summed E-state index contributed by atoms with van der Waals surface area (Å²) in [5.74, 6) is 0.829. The molecule has 10 heteroatoms. The van der Waals surface area contributed by atoms with Gasteiger partial charge in [0.2, 0.25) is 6.41 Å². The Kier molecular flexibility index (Phi) is 9.96. The van der Waals surface area contributed by atoms with Gasteiger partial charge in [0.15, 0.2) is 5.16 Å². The molecule has 0 fully saturated rings. The molecule has 170 valence electrons. The molecule has 0 saturated carbocycles. The summed E-state index contributed by atoms with van der Waals surface area (Å²) in [6, 6.07) is 16.6. The number of thioether (sulfide) groups is 1. The van der Waals surface area contributed by atoms with Crippen LogP contribution in [0.2, 0.25) is 0 Å². The number of hydrogen-bond acceptors (Lipinski definition) is 6. The molecule has 0 radical (unpaired) electrons. The predicted octanol–water partition coefficient (Wildman–Crippen LogP) is 5.23. The Hall–Kier alpha value is -3.11. The van der Waals surface area contributed by atoms with E-state index in [9.17, 15) is 18.0 Å². The first kappa shape index (κ1) is 25.2. The molecule has 0 saturated heterocycles. The first-order chi connectivity index (χ1) is 15.4. The number of nitrogens with one attached hydrogen (secondary N) is 2. The smallest absolute Gasteiger partial charge is 0.378 e. The third-order valence-corrected chi connectivity index (χ3v) is 4.51. The van der Waals surface area contributed by atoms with Crippen molar-refractivity contribution >= 4 is 29.7 Å². The van der Waals surface area contributed by atoms with Crippen molar-refractivity contribution in [1.29, 1.82) is 0 Å². The number of hydrogen-bond donors (Lipinski definition) is 2. The highest BCUT2D eigenvalue weighted by Gasteiger charge is 2.30. The Morgan fingerprint density at radius 3 is 2.44 bits per heavy atom. The van der Waals surface area contributed by atoms with Gasteiger partial charge in [-0.2, -0.15) is 13.2 Å². The number of ether oxygens (including phenoxy) is 1. The van der Waals surface area contributed by atoms with E-state index in [1.807, 2.05) is 30.5 Å². The van der Waals surface area contributed by atoms with E-state index in [-0.39, 0.29) is 5.69 Å². The lowest BCUT2D eigenvalue weighted by molar-refractivity contribution is -0.137. The van der Waals surface area contributed by atoms with Crippen LogP contribution in [0.25, 0.3) is 0 Å². The molecule has 1 aromatic heterocycles. The number of benzene rings is 2. The van der Waals surface area contributed by atoms with Crippen molar-refractivity contribution in [3.63, 3.8) is 0 Å². The Morgan fingerprint density at radius 1 is 1.06 bits per heavy atom. The van der Waals surface area contributed by atoms with Crippen molar-refractivity contribution in [2.45, 2.75) is 24.5 Å². The lowest BCUT2D eigenvalue weighted by Crippen LogP contribution is -2.05. The monoisotopic (exact) mass is 464 g/mol. The molecule has 2 N–H and O–H groups in total. The van der Waals surface area contributed by atoms with Crippen LogP contribution in [0.4, 0.5) is 24.7 Å². The SMILES string of the molecule is COCc1cc(NCc2ccccc2)nc(SC)n1.O=CNc1cccc(C(F)(F)F)c1. The van der Waals surface area contributed by atoms with Gasteiger partial charge in [-0.3, -0.25) is 4.79 Å². The summed E-state index contributed by atoms with van der Waals surface area (Å²) in [7, 11) is 1.66. The van der Waals surface area contributed by atoms with Crippen LogP contribution in [-0.4, -0.2) is 29.7 Å². The van der Waals surface area contributed by atoms with Gasteiger partial charge in [-0.15, -0.1) is 0 Å². The van der Waals surface area contributed by atoms with Crippen molar-refractivity contribution < 1.29 is 22.7 Å². The Balaban J connectivity index is 0.000000244. The molecule has 0 aliphatic carbocycles. The van der Waals surface area contributed by atoms with E-state index in [4.69, 9.17) is 4.74 Å². The second-order valence-electron chi connectivity index (χ2n) is 6.34. The van der Waals surface area contributed by atoms with Crippen LogP contribution in [0, 0.1) is 0 Å². The second kappa shape index (κ2) is 12.7. The summed E-state index contributed by atoms with van der Waals surface area (Å²) in [5.41, 5.74) is 1.46. The molecule has 0 spiro atoms. The van der Waals surface area contributed by atoms with Gasteiger partial charge in [0.05, 0.1) is 17.9 Å². The van der Waals surface area contributed by atoms with Crippen molar-refractivity contribution in [3.8, 4) is 0 Å². The van der Waals surface area contributed by atoms with Gasteiger partial charge in [0, 0.05) is 25.4 Å². The Bertz CT molecular complexity index is 988. The zero-order valence-corrected chi connectivity index (χ0v) is 18.3. The molecule has 3 rings (SSSR count). The van der Waals surface area contributed by atoms with E-state index in [1.54, 1.807) is 7.11 Å². The first-order valence-electron chi connectivity index (χ1n) is 9.42. The summed E-state index contributed by atoms with van der Waals surface area (Å²) in [4.78, 5) is 18.8. The minimum atomic E-state index is -4.37. The van der Waals surface area contributed by atoms with Crippen LogP contribution in [0.15, 0.2) is 65.8 Å². The zero-order chi connectivity index (χ0) is 23.4. The van der Waals surface area contributed by atoms with Gasteiger partial charge in [-0.25, -0.2) is 9.97 Å². The zero-order valence-electron chi connectivity index (χ0n) is 17.5. The highest BCUT2D eigenvalue weighted by molar-refractivity contribution is 7.98. The number of rotatable bonds is 8. The molecular weight excluding hydrogens is 441 g/mol. The highest BCUT2D eigenvalue weighted by atomic mass is 32.2. The van der Waals surface area contributed by atoms with E-state index >= 15 is 0 Å². The van der Waals surface area contributed by atoms with Gasteiger partial charge < -0.3 is 15.4 Å². The van der Waals surface area contributed by atoms with Crippen molar-refractivity contribution in [1.82, 2.24) is 9.97 Å². The number of carbonyl (C=O) groups is 1. The molecular formula is C22H23F3N4O2S. The van der Waals surface area contributed by atoms with E-state index in [1.165, 1.54) is 29.5 Å². The molecule has 3 aromatic rings. The van der Waals surface area contributed by atoms with Crippen LogP contribution in [0.3, 0.4) is 0 Å². The van der Waals surface area contributed by atoms with Crippen LogP contribution < -0.4 is 10.6 Å². The number of aromatic nitrogens is 2. The van der Waals surface area contributed by atoms with E-state index < -0.39 is 11.7 Å². The number of alkyl halides is 3. The molecule has 0 atom stereocenters. The fraction of sp³-hybridized carbons (Fsp3) is 0.227. The number of methoxy groups -OCH3 is 1. The van der Waals surface area contributed by atoms with Gasteiger partial charge in [-0.1, -0.05) is 48.2 Å². The fourth-order valence-electron chi connectivity index (χ4n) is 2.52. The molecule has 0 aliphatic heterocycles. The third kappa shape index (κ3) is 8.56. The molecule has 0 aliphatic rings. The molecule has 0 unspecified atom stereocenters. The molecule has 6 nitrogen and oxygen atoms in total. The van der Waals surface area contributed by atoms with Crippen LogP contribution in [0.1, 0.15) is 16.8 Å². The summed E-state index contributed by atoms with van der Waals surface area (Å²) in [6.45, 7) is 1.24. The number of amides is 1. The van der Waals surface area contributed by atoms with Crippen molar-refractivity contribution in [2.75, 3.05) is 24.0 Å². The van der Waals surface area contributed by atoms with E-state index in [2.05, 4.69) is 32.7 Å². The molecule has 2 aromatic carbocycles. The lowest BCUT2D eigenvalue weighted by Gasteiger charge is -2.09. The number of carbonyl (C=O) groups excluding carboxylic acids is 1. The topological polar surface area (TPSA) is 76.1 Å². The van der Waals surface area contributed by atoms with Gasteiger partial charge >= 0.3 is 6.18 Å². The normalized spacial score (nSPS) is 10.7. The average molecular weight is 465 g/mol. The number of nitrogens with zero attached hydrogens (tertiary/aromatic N) is 2. The van der Waals surface area contributed by atoms with Crippen LogP contribution in [-0.2, 0) is 28.9 Å². The standard InChI is InChI=1S/C14H17N3OS.C8H6F3NO/c1-18-10-12-8-13(17-14(16-12)19-2)15-9-11-6-4-3-5-7-11;9-8(10,11)6-2-1-3-7(4-6)12-5-13/h3-8H,9-10H2,1-2H3,(H,15,16,17);1-5H,(H,12,13). The fourth-order valence-corrected chi connectivity index (χ4v) is 2.92. The maximum absolute atomic E-state index is 12.1. The molecule has 1 heterocycles. The highest BCUT2D eigenvalue weighted by Crippen LogP contribution is 2.30. The van der Waals surface area contributed by atoms with Crippen LogP contribution >= 0.6 is 11.8 Å². The number of halogens is 3. The number of anilines is 2. The largest absolute Gasteiger partial charge is 0.416 e. The van der Waals surface area contributed by atoms with Gasteiger partial charge in [0.25, 0.3) is 0 Å². The van der Waals surface area contributed by atoms with E-state index in [0.717, 1.165) is 35.3 Å². The molecule has 0 bridgehead atoms. The summed E-state index contributed by atoms with van der Waals surface area (Å²) in [6.07, 6.45) is -2.08. The van der Waals surface area contributed by atoms with Crippen molar-refractivity contribution in [3.05, 3.63) is 77.5 Å². The van der Waals surface area contributed by atoms with Crippen LogP contribution in [0.5, 0.6) is 0 Å². The Labute approximate surface area is 188 Å². The van der Waals surface area contributed by atoms with Gasteiger partial charge in [0.1, 0.15) is 5.82 Å². The first-order valence-corrected chi connectivity index (χ1v) is 10.6. The quantitative estimate of drug-likeness (QED) is 0.270. The maximum Gasteiger partial charge on any atom is 0.416 e. The summed E-state index contributed by atoms with van der Waals surface area (Å²) < 4.78 is 41.4. The molecule has 1 amide bonds. The maximum atomic E-state index is 12.1. The minimum absolute atomic E-state index is 0.129. The Morgan fingerprint density at radius 2 is 1.81 bits per heavy atom. The van der Waals surface area contributed by atoms with Gasteiger partial charge in [-0.05, 0) is 30.0 Å². The third-order valence-electron chi connectivity index (χ3n) is 3.97. The van der Waals surface area contributed by atoms with E-state index in [0.29, 0.717) is 13.0 Å². The summed E-state index contributed by atoms with van der Waals surface area (Å²) >= 11 is 1.53. The average Bonchev–Trinajstić information content (AvgIpc) is 2.79. The lowest BCUT2D eigenvalue weighted by atomic mass is 10.2. The summed E-state index contributed by atoms with van der Waals surface area (Å²) in [5, 5.41) is 6.21.